The lowest BCUT2D eigenvalue weighted by Gasteiger charge is -2.44. The van der Waals surface area contributed by atoms with Gasteiger partial charge in [-0.25, -0.2) is 0 Å². The average molecular weight is 703 g/mol. The van der Waals surface area contributed by atoms with Crippen molar-refractivity contribution in [3.8, 4) is 11.1 Å². The van der Waals surface area contributed by atoms with E-state index in [2.05, 4.69) is 154 Å². The summed E-state index contributed by atoms with van der Waals surface area (Å²) in [6, 6.07) is 39.1. The SMILES string of the molecule is Cc1cc2c3c(c1)N(c1cc4c(cc1C)C(C)(C)CCC4(C)C)c1ccc4c(oc5ccccc54)c1B3n1c3sc4ccccc4c3c3cccc-2c31. The number of aryl methyl sites for hydroxylation is 2. The largest absolute Gasteiger partial charge is 0.456 e. The maximum atomic E-state index is 7.05. The second-order valence-corrected chi connectivity index (χ2v) is 18.3. The number of rotatable bonds is 1. The van der Waals surface area contributed by atoms with Crippen LogP contribution in [-0.2, 0) is 10.8 Å². The molecule has 12 rings (SSSR count). The molecule has 0 fully saturated rings. The predicted molar refractivity (Wildman–Crippen MR) is 227 cm³/mol. The number of hydrogen-bond acceptors (Lipinski definition) is 3. The van der Waals surface area contributed by atoms with E-state index in [0.29, 0.717) is 0 Å². The smallest absolute Gasteiger partial charge is 0.337 e. The second kappa shape index (κ2) is 9.83. The summed E-state index contributed by atoms with van der Waals surface area (Å²) in [4.78, 5) is 3.94. The number of thiophene rings is 1. The van der Waals surface area contributed by atoms with E-state index in [9.17, 15) is 0 Å². The third-order valence-electron chi connectivity index (χ3n) is 13.2. The lowest BCUT2D eigenvalue weighted by molar-refractivity contribution is 0.332. The van der Waals surface area contributed by atoms with E-state index in [1.54, 1.807) is 0 Å². The third-order valence-corrected chi connectivity index (χ3v) is 14.4. The number of nitrogens with zero attached hydrogens (tertiary/aromatic N) is 2. The van der Waals surface area contributed by atoms with Gasteiger partial charge in [0.15, 0.2) is 0 Å². The Hall–Kier alpha value is -5.26. The van der Waals surface area contributed by atoms with E-state index in [1.807, 2.05) is 11.3 Å². The Morgan fingerprint density at radius 1 is 0.642 bits per heavy atom. The van der Waals surface area contributed by atoms with Crippen molar-refractivity contribution in [2.45, 2.75) is 65.2 Å². The van der Waals surface area contributed by atoms with Crippen molar-refractivity contribution in [3.63, 3.8) is 0 Å². The van der Waals surface area contributed by atoms with Gasteiger partial charge in [-0.05, 0) is 107 Å². The summed E-state index contributed by atoms with van der Waals surface area (Å²) in [6.45, 7) is 14.3. The first-order valence-corrected chi connectivity index (χ1v) is 19.9. The first-order chi connectivity index (χ1) is 25.6. The fourth-order valence-corrected chi connectivity index (χ4v) is 11.8. The molecule has 5 heterocycles. The molecule has 2 aliphatic heterocycles. The van der Waals surface area contributed by atoms with Crippen LogP contribution in [0.2, 0.25) is 0 Å². The van der Waals surface area contributed by atoms with Gasteiger partial charge in [0.25, 0.3) is 0 Å². The maximum Gasteiger partial charge on any atom is 0.337 e. The monoisotopic (exact) mass is 702 g/mol. The van der Waals surface area contributed by atoms with Crippen molar-refractivity contribution in [2.24, 2.45) is 0 Å². The van der Waals surface area contributed by atoms with Gasteiger partial charge in [-0.15, -0.1) is 11.3 Å². The summed E-state index contributed by atoms with van der Waals surface area (Å²) in [5.41, 5.74) is 18.1. The highest BCUT2D eigenvalue weighted by molar-refractivity contribution is 7.26. The van der Waals surface area contributed by atoms with Crippen molar-refractivity contribution in [2.75, 3.05) is 4.90 Å². The van der Waals surface area contributed by atoms with Crippen LogP contribution in [0.25, 0.3) is 64.3 Å². The zero-order valence-electron chi connectivity index (χ0n) is 31.0. The number of benzene rings is 6. The molecule has 1 aliphatic carbocycles. The van der Waals surface area contributed by atoms with Crippen LogP contribution in [-0.4, -0.2) is 11.3 Å². The van der Waals surface area contributed by atoms with Crippen LogP contribution >= 0.6 is 11.3 Å². The summed E-state index contributed by atoms with van der Waals surface area (Å²) < 4.78 is 11.1. The highest BCUT2D eigenvalue weighted by Gasteiger charge is 2.46. The zero-order chi connectivity index (χ0) is 35.7. The van der Waals surface area contributed by atoms with Gasteiger partial charge >= 0.3 is 6.85 Å². The fraction of sp³-hybridized carbons (Fsp3) is 0.208. The number of anilines is 3. The van der Waals surface area contributed by atoms with Crippen molar-refractivity contribution in [1.29, 1.82) is 0 Å². The van der Waals surface area contributed by atoms with Gasteiger partial charge in [-0.1, -0.05) is 94.4 Å². The van der Waals surface area contributed by atoms with Crippen molar-refractivity contribution in [3.05, 3.63) is 125 Å². The highest BCUT2D eigenvalue weighted by Crippen LogP contribution is 2.52. The average Bonchev–Trinajstić information content (AvgIpc) is 3.81. The molecule has 3 nitrogen and oxygen atoms in total. The van der Waals surface area contributed by atoms with E-state index >= 15 is 0 Å². The van der Waals surface area contributed by atoms with Gasteiger partial charge in [-0.2, -0.15) is 0 Å². The fourth-order valence-electron chi connectivity index (χ4n) is 10.5. The van der Waals surface area contributed by atoms with E-state index in [0.717, 1.165) is 11.2 Å². The molecule has 256 valence electrons. The molecule has 0 N–H and O–H groups in total. The summed E-state index contributed by atoms with van der Waals surface area (Å²) in [6.07, 6.45) is 2.38. The van der Waals surface area contributed by atoms with Gasteiger partial charge < -0.3 is 13.8 Å². The Kier molecular flexibility index (Phi) is 5.61. The summed E-state index contributed by atoms with van der Waals surface area (Å²) in [5.74, 6) is 0. The molecule has 6 aromatic carbocycles. The number of para-hydroxylation sites is 2. The normalized spacial score (nSPS) is 16.6. The molecule has 0 unspecified atom stereocenters. The molecule has 3 aromatic heterocycles. The summed E-state index contributed by atoms with van der Waals surface area (Å²) >= 11 is 1.93. The molecule has 0 bridgehead atoms. The number of furan rings is 1. The summed E-state index contributed by atoms with van der Waals surface area (Å²) in [5, 5.41) is 6.38. The molecule has 53 heavy (non-hydrogen) atoms. The molecule has 0 saturated carbocycles. The van der Waals surface area contributed by atoms with Crippen LogP contribution in [0.1, 0.15) is 62.8 Å². The topological polar surface area (TPSA) is 21.3 Å². The van der Waals surface area contributed by atoms with E-state index < -0.39 is 0 Å². The molecule has 0 atom stereocenters. The van der Waals surface area contributed by atoms with Crippen molar-refractivity contribution >= 4 is 99.3 Å². The highest BCUT2D eigenvalue weighted by atomic mass is 32.1. The minimum Gasteiger partial charge on any atom is -0.456 e. The first-order valence-electron chi connectivity index (χ1n) is 19.1. The number of fused-ring (bicyclic) bond motifs is 14. The number of hydrogen-bond donors (Lipinski definition) is 0. The zero-order valence-corrected chi connectivity index (χ0v) is 31.8. The van der Waals surface area contributed by atoms with Crippen LogP contribution in [0.15, 0.2) is 108 Å². The first kappa shape index (κ1) is 30.2. The lowest BCUT2D eigenvalue weighted by Crippen LogP contribution is -2.57. The summed E-state index contributed by atoms with van der Waals surface area (Å²) in [7, 11) is 0. The molecular formula is C48H39BN2OS. The van der Waals surface area contributed by atoms with Crippen molar-refractivity contribution in [1.82, 2.24) is 4.48 Å². The molecule has 0 saturated heterocycles. The predicted octanol–water partition coefficient (Wildman–Crippen LogP) is 12.3. The quantitative estimate of drug-likeness (QED) is 0.159. The van der Waals surface area contributed by atoms with Gasteiger partial charge in [0, 0.05) is 65.2 Å². The second-order valence-electron chi connectivity index (χ2n) is 17.3. The van der Waals surface area contributed by atoms with Crippen LogP contribution in [0.5, 0.6) is 0 Å². The molecule has 0 spiro atoms. The van der Waals surface area contributed by atoms with Gasteiger partial charge in [-0.3, -0.25) is 0 Å². The van der Waals surface area contributed by atoms with Crippen LogP contribution in [0.3, 0.4) is 0 Å². The van der Waals surface area contributed by atoms with Crippen LogP contribution in [0.4, 0.5) is 17.1 Å². The van der Waals surface area contributed by atoms with Crippen molar-refractivity contribution < 1.29 is 4.42 Å². The molecular weight excluding hydrogens is 663 g/mol. The Balaban J connectivity index is 1.27. The third kappa shape index (κ3) is 3.71. The van der Waals surface area contributed by atoms with Crippen LogP contribution in [0, 0.1) is 13.8 Å². The minimum atomic E-state index is -0.0626. The molecule has 9 aromatic rings. The standard InChI is InChI=1S/C48H39BN2OS/c1-26-22-33-29-14-11-15-32-41-31-13-8-10-17-40(31)53-46(41)51(44(29)32)49-42(33)38(23-26)50(36-19-18-30-28-12-7-9-16-39(28)52-45(30)43(36)49)37-25-35-34(24-27(37)2)47(3,4)20-21-48(35,5)6/h7-19,22-25H,20-21H2,1-6H3. The van der Waals surface area contributed by atoms with Gasteiger partial charge in [0.1, 0.15) is 11.2 Å². The van der Waals surface area contributed by atoms with E-state index in [-0.39, 0.29) is 17.7 Å². The molecule has 0 amide bonds. The Morgan fingerprint density at radius 2 is 1.38 bits per heavy atom. The van der Waals surface area contributed by atoms with Gasteiger partial charge in [0.05, 0.1) is 4.83 Å². The lowest BCUT2D eigenvalue weighted by atomic mass is 9.45. The Morgan fingerprint density at radius 3 is 2.21 bits per heavy atom. The Labute approximate surface area is 313 Å². The minimum absolute atomic E-state index is 0.0626. The molecule has 0 radical (unpaired) electrons. The van der Waals surface area contributed by atoms with E-state index in [1.165, 1.54) is 116 Å². The Bertz CT molecular complexity index is 3120. The number of aromatic nitrogens is 1. The van der Waals surface area contributed by atoms with Crippen LogP contribution < -0.4 is 15.8 Å². The van der Waals surface area contributed by atoms with Gasteiger partial charge in [0.2, 0.25) is 0 Å². The maximum absolute atomic E-state index is 7.05. The molecule has 5 heteroatoms. The molecule has 3 aliphatic rings. The van der Waals surface area contributed by atoms with E-state index in [4.69, 9.17) is 4.42 Å².